The number of rotatable bonds is 9. The first kappa shape index (κ1) is 22.8. The Morgan fingerprint density at radius 2 is 1.67 bits per heavy atom. The topological polar surface area (TPSA) is 87.3 Å². The Morgan fingerprint density at radius 3 is 2.30 bits per heavy atom. The van der Waals surface area contributed by atoms with Gasteiger partial charge in [0, 0.05) is 11.8 Å². The Balaban J connectivity index is 0.00000364. The average molecular weight is 487 g/mol. The van der Waals surface area contributed by atoms with Crippen LogP contribution in [0.3, 0.4) is 0 Å². The fraction of sp³-hybridized carbons (Fsp3) is 0.316. The van der Waals surface area contributed by atoms with Crippen molar-refractivity contribution in [1.82, 2.24) is 0 Å². The minimum Gasteiger partial charge on any atom is -0.497 e. The Kier molecular flexibility index (Phi) is 10.3. The van der Waals surface area contributed by atoms with Gasteiger partial charge in [-0.25, -0.2) is 0 Å². The number of anilines is 1. The number of nitrogens with one attached hydrogen (secondary N) is 1. The number of methoxy groups -OCH3 is 3. The van der Waals surface area contributed by atoms with Crippen molar-refractivity contribution in [2.45, 2.75) is 6.61 Å². The van der Waals surface area contributed by atoms with Gasteiger partial charge in [0.15, 0.2) is 17.5 Å². The Bertz CT molecular complexity index is 723. The lowest BCUT2D eigenvalue weighted by Crippen LogP contribution is -2.23. The molecule has 0 amide bonds. The summed E-state index contributed by atoms with van der Waals surface area (Å²) in [6.45, 7) is 1.45. The van der Waals surface area contributed by atoms with E-state index in [1.54, 1.807) is 33.5 Å². The van der Waals surface area contributed by atoms with Gasteiger partial charge in [-0.1, -0.05) is 12.1 Å². The van der Waals surface area contributed by atoms with Crippen LogP contribution in [0.1, 0.15) is 5.56 Å². The number of nitrogens with zero attached hydrogens (tertiary/aromatic N) is 1. The van der Waals surface area contributed by atoms with Gasteiger partial charge in [-0.15, -0.1) is 24.0 Å². The average Bonchev–Trinajstić information content (AvgIpc) is 2.68. The predicted octanol–water partition coefficient (Wildman–Crippen LogP) is 3.27. The van der Waals surface area contributed by atoms with Crippen LogP contribution in [-0.2, 0) is 11.3 Å². The van der Waals surface area contributed by atoms with Gasteiger partial charge in [-0.3, -0.25) is 4.99 Å². The normalized spacial score (nSPS) is 10.7. The van der Waals surface area contributed by atoms with E-state index in [2.05, 4.69) is 10.3 Å². The Morgan fingerprint density at radius 1 is 0.963 bits per heavy atom. The summed E-state index contributed by atoms with van der Waals surface area (Å²) in [5.41, 5.74) is 7.73. The molecule has 0 aliphatic carbocycles. The predicted molar refractivity (Wildman–Crippen MR) is 118 cm³/mol. The lowest BCUT2D eigenvalue weighted by Gasteiger charge is -2.11. The first-order chi connectivity index (χ1) is 12.7. The van der Waals surface area contributed by atoms with Gasteiger partial charge in [0.25, 0.3) is 0 Å². The summed E-state index contributed by atoms with van der Waals surface area (Å²) >= 11 is 0. The van der Waals surface area contributed by atoms with E-state index in [4.69, 9.17) is 24.7 Å². The molecule has 0 bridgehead atoms. The molecule has 0 heterocycles. The van der Waals surface area contributed by atoms with E-state index in [1.165, 1.54) is 0 Å². The van der Waals surface area contributed by atoms with E-state index in [0.717, 1.165) is 17.0 Å². The van der Waals surface area contributed by atoms with E-state index in [-0.39, 0.29) is 24.0 Å². The lowest BCUT2D eigenvalue weighted by atomic mass is 10.2. The van der Waals surface area contributed by atoms with Crippen molar-refractivity contribution in [3.8, 4) is 17.2 Å². The quantitative estimate of drug-likeness (QED) is 0.245. The zero-order valence-corrected chi connectivity index (χ0v) is 18.1. The first-order valence-corrected chi connectivity index (χ1v) is 8.16. The highest BCUT2D eigenvalue weighted by molar-refractivity contribution is 14.0. The molecule has 0 aliphatic heterocycles. The maximum atomic E-state index is 5.89. The molecule has 0 saturated heterocycles. The third kappa shape index (κ3) is 7.51. The van der Waals surface area contributed by atoms with Crippen LogP contribution in [0, 0.1) is 0 Å². The monoisotopic (exact) mass is 487 g/mol. The van der Waals surface area contributed by atoms with Crippen molar-refractivity contribution in [2.24, 2.45) is 10.7 Å². The molecule has 8 heteroatoms. The highest BCUT2D eigenvalue weighted by Crippen LogP contribution is 2.29. The standard InChI is InChI=1S/C19H25N3O4.HI/c1-23-16-7-4-14(5-8-16)13-26-11-10-21-19(20)22-15-6-9-17(24-2)18(12-15)25-3;/h4-9,12H,10-11,13H2,1-3H3,(H3,20,21,22);1H. The smallest absolute Gasteiger partial charge is 0.193 e. The molecule has 0 saturated carbocycles. The molecule has 0 atom stereocenters. The van der Waals surface area contributed by atoms with Crippen molar-refractivity contribution in [1.29, 1.82) is 0 Å². The highest BCUT2D eigenvalue weighted by Gasteiger charge is 2.05. The van der Waals surface area contributed by atoms with Crippen LogP contribution in [0.25, 0.3) is 0 Å². The number of halogens is 1. The molecular formula is C19H26IN3O4. The molecule has 148 valence electrons. The number of ether oxygens (including phenoxy) is 4. The number of hydrogen-bond acceptors (Lipinski definition) is 5. The van der Waals surface area contributed by atoms with Crippen LogP contribution in [0.15, 0.2) is 47.5 Å². The Hall–Kier alpha value is -2.20. The largest absolute Gasteiger partial charge is 0.497 e. The number of hydrogen-bond donors (Lipinski definition) is 2. The zero-order valence-electron chi connectivity index (χ0n) is 15.7. The molecule has 0 radical (unpaired) electrons. The van der Waals surface area contributed by atoms with Crippen molar-refractivity contribution < 1.29 is 18.9 Å². The van der Waals surface area contributed by atoms with Crippen LogP contribution in [-0.4, -0.2) is 40.4 Å². The van der Waals surface area contributed by atoms with Gasteiger partial charge >= 0.3 is 0 Å². The summed E-state index contributed by atoms with van der Waals surface area (Å²) in [7, 11) is 4.82. The van der Waals surface area contributed by atoms with Gasteiger partial charge in [0.1, 0.15) is 5.75 Å². The third-order valence-corrected chi connectivity index (χ3v) is 3.60. The minimum atomic E-state index is 0. The van der Waals surface area contributed by atoms with E-state index < -0.39 is 0 Å². The second-order valence-corrected chi connectivity index (χ2v) is 5.36. The zero-order chi connectivity index (χ0) is 18.8. The minimum absolute atomic E-state index is 0. The van der Waals surface area contributed by atoms with Crippen molar-refractivity contribution in [2.75, 3.05) is 39.8 Å². The van der Waals surface area contributed by atoms with Gasteiger partial charge in [0.2, 0.25) is 0 Å². The molecule has 0 fully saturated rings. The molecular weight excluding hydrogens is 461 g/mol. The lowest BCUT2D eigenvalue weighted by molar-refractivity contribution is 0.128. The van der Waals surface area contributed by atoms with Crippen molar-refractivity contribution in [3.05, 3.63) is 48.0 Å². The Labute approximate surface area is 176 Å². The van der Waals surface area contributed by atoms with E-state index >= 15 is 0 Å². The van der Waals surface area contributed by atoms with Crippen LogP contribution in [0.2, 0.25) is 0 Å². The molecule has 0 aliphatic rings. The molecule has 27 heavy (non-hydrogen) atoms. The summed E-state index contributed by atoms with van der Waals surface area (Å²) in [5.74, 6) is 2.41. The summed E-state index contributed by atoms with van der Waals surface area (Å²) in [5, 5.41) is 3.01. The maximum absolute atomic E-state index is 5.89. The molecule has 0 aromatic heterocycles. The second-order valence-electron chi connectivity index (χ2n) is 5.36. The van der Waals surface area contributed by atoms with Crippen molar-refractivity contribution in [3.63, 3.8) is 0 Å². The van der Waals surface area contributed by atoms with E-state index in [1.807, 2.05) is 30.3 Å². The molecule has 2 aromatic carbocycles. The molecule has 0 unspecified atom stereocenters. The molecule has 3 N–H and O–H groups in total. The molecule has 2 aromatic rings. The maximum Gasteiger partial charge on any atom is 0.193 e. The summed E-state index contributed by atoms with van der Waals surface area (Å²) < 4.78 is 21.2. The van der Waals surface area contributed by atoms with Gasteiger partial charge in [-0.2, -0.15) is 0 Å². The van der Waals surface area contributed by atoms with Crippen LogP contribution >= 0.6 is 24.0 Å². The number of aliphatic imine (C=N–C) groups is 1. The summed E-state index contributed by atoms with van der Waals surface area (Å²) in [6, 6.07) is 13.2. The summed E-state index contributed by atoms with van der Waals surface area (Å²) in [4.78, 5) is 4.24. The van der Waals surface area contributed by atoms with Crippen molar-refractivity contribution >= 4 is 35.6 Å². The van der Waals surface area contributed by atoms with Crippen LogP contribution in [0.5, 0.6) is 17.2 Å². The van der Waals surface area contributed by atoms with E-state index in [9.17, 15) is 0 Å². The number of benzene rings is 2. The van der Waals surface area contributed by atoms with Crippen LogP contribution in [0.4, 0.5) is 5.69 Å². The molecule has 0 spiro atoms. The molecule has 2 rings (SSSR count). The number of nitrogens with two attached hydrogens (primary N) is 1. The second kappa shape index (κ2) is 12.2. The van der Waals surface area contributed by atoms with Gasteiger partial charge < -0.3 is 30.0 Å². The van der Waals surface area contributed by atoms with Gasteiger partial charge in [0.05, 0.1) is 41.1 Å². The van der Waals surface area contributed by atoms with Gasteiger partial charge in [-0.05, 0) is 29.8 Å². The van der Waals surface area contributed by atoms with Crippen LogP contribution < -0.4 is 25.3 Å². The first-order valence-electron chi connectivity index (χ1n) is 8.16. The SMILES string of the molecule is COc1ccc(COCCN=C(N)Nc2ccc(OC)c(OC)c2)cc1.I. The fourth-order valence-corrected chi connectivity index (χ4v) is 2.24. The highest BCUT2D eigenvalue weighted by atomic mass is 127. The third-order valence-electron chi connectivity index (χ3n) is 3.60. The fourth-order valence-electron chi connectivity index (χ4n) is 2.24. The molecule has 7 nitrogen and oxygen atoms in total. The summed E-state index contributed by atoms with van der Waals surface area (Å²) in [6.07, 6.45) is 0. The van der Waals surface area contributed by atoms with E-state index in [0.29, 0.717) is 37.2 Å². The number of guanidine groups is 1.